The molecule has 0 bridgehead atoms. The van der Waals surface area contributed by atoms with E-state index in [0.717, 1.165) is 12.1 Å². The summed E-state index contributed by atoms with van der Waals surface area (Å²) in [7, 11) is 0. The van der Waals surface area contributed by atoms with Crippen molar-refractivity contribution in [1.29, 1.82) is 5.26 Å². The number of hydrogen-bond acceptors (Lipinski definition) is 2. The van der Waals surface area contributed by atoms with Gasteiger partial charge in [-0.2, -0.15) is 18.4 Å². The van der Waals surface area contributed by atoms with Crippen LogP contribution < -0.4 is 0 Å². The Morgan fingerprint density at radius 1 is 0.933 bits per heavy atom. The summed E-state index contributed by atoms with van der Waals surface area (Å²) in [6.45, 7) is 1.24. The summed E-state index contributed by atoms with van der Waals surface area (Å²) in [5, 5.41) is 19.8. The molecule has 0 spiro atoms. The van der Waals surface area contributed by atoms with Gasteiger partial charge in [0.15, 0.2) is 5.60 Å². The van der Waals surface area contributed by atoms with Crippen molar-refractivity contribution in [3.63, 3.8) is 0 Å². The Bertz CT molecular complexity index is 1090. The van der Waals surface area contributed by atoms with Crippen LogP contribution in [0.1, 0.15) is 29.5 Å². The quantitative estimate of drug-likeness (QED) is 0.473. The van der Waals surface area contributed by atoms with Gasteiger partial charge >= 0.3 is 6.18 Å². The van der Waals surface area contributed by atoms with E-state index in [9.17, 15) is 22.7 Å². The Balaban J connectivity index is 2.05. The molecule has 0 aliphatic carbocycles. The van der Waals surface area contributed by atoms with Crippen LogP contribution in [0.4, 0.5) is 17.6 Å². The average molecular weight is 434 g/mol. The van der Waals surface area contributed by atoms with E-state index in [1.807, 2.05) is 6.07 Å². The lowest BCUT2D eigenvalue weighted by Gasteiger charge is -2.37. The standard InChI is InChI=1S/C23H16ClF4NO/c1-14(22(30,23(26,27)28)18-7-2-15(13-29)3-8-18)20-11-6-17(12-21(20)24)16-4-9-19(25)10-5-16/h2-12,14,30H,1H3. The van der Waals surface area contributed by atoms with Crippen LogP contribution in [0.25, 0.3) is 11.1 Å². The minimum atomic E-state index is -5.00. The Morgan fingerprint density at radius 2 is 1.50 bits per heavy atom. The van der Waals surface area contributed by atoms with Crippen molar-refractivity contribution in [1.82, 2.24) is 0 Å². The van der Waals surface area contributed by atoms with Gasteiger partial charge in [0, 0.05) is 10.9 Å². The number of alkyl halides is 3. The normalized spacial score (nSPS) is 14.6. The minimum absolute atomic E-state index is 0.0423. The van der Waals surface area contributed by atoms with Gasteiger partial charge in [-0.05, 0) is 52.6 Å². The number of nitrogens with zero attached hydrogens (tertiary/aromatic N) is 1. The molecule has 0 saturated heterocycles. The van der Waals surface area contributed by atoms with Crippen molar-refractivity contribution < 1.29 is 22.7 Å². The van der Waals surface area contributed by atoms with Gasteiger partial charge in [0.05, 0.1) is 11.6 Å². The van der Waals surface area contributed by atoms with E-state index in [0.29, 0.717) is 11.1 Å². The molecule has 1 N–H and O–H groups in total. The molecule has 30 heavy (non-hydrogen) atoms. The molecular weight excluding hydrogens is 418 g/mol. The monoisotopic (exact) mass is 433 g/mol. The first-order chi connectivity index (χ1) is 14.1. The van der Waals surface area contributed by atoms with Crippen molar-refractivity contribution >= 4 is 11.6 Å². The predicted molar refractivity (Wildman–Crippen MR) is 106 cm³/mol. The van der Waals surface area contributed by atoms with Crippen LogP contribution >= 0.6 is 11.6 Å². The first-order valence-corrected chi connectivity index (χ1v) is 9.31. The summed E-state index contributed by atoms with van der Waals surface area (Å²) >= 11 is 6.30. The molecule has 2 nitrogen and oxygen atoms in total. The fraction of sp³-hybridized carbons (Fsp3) is 0.174. The third-order valence-corrected chi connectivity index (χ3v) is 5.48. The van der Waals surface area contributed by atoms with Gasteiger partial charge in [0.2, 0.25) is 0 Å². The summed E-state index contributed by atoms with van der Waals surface area (Å²) in [5.74, 6) is -1.85. The molecule has 0 heterocycles. The second kappa shape index (κ2) is 8.10. The number of hydrogen-bond donors (Lipinski definition) is 1. The molecule has 2 unspecified atom stereocenters. The zero-order valence-corrected chi connectivity index (χ0v) is 16.5. The third-order valence-electron chi connectivity index (χ3n) is 5.16. The highest BCUT2D eigenvalue weighted by Crippen LogP contribution is 2.50. The zero-order valence-electron chi connectivity index (χ0n) is 15.7. The second-order valence-corrected chi connectivity index (χ2v) is 7.33. The lowest BCUT2D eigenvalue weighted by atomic mass is 9.77. The smallest absolute Gasteiger partial charge is 0.376 e. The van der Waals surface area contributed by atoms with Crippen LogP contribution in [0.2, 0.25) is 5.02 Å². The minimum Gasteiger partial charge on any atom is -0.376 e. The van der Waals surface area contributed by atoms with E-state index in [-0.39, 0.29) is 21.7 Å². The van der Waals surface area contributed by atoms with E-state index in [1.54, 1.807) is 6.07 Å². The molecule has 0 aliphatic heterocycles. The van der Waals surface area contributed by atoms with E-state index in [1.165, 1.54) is 55.5 Å². The van der Waals surface area contributed by atoms with Gasteiger partial charge in [-0.25, -0.2) is 4.39 Å². The van der Waals surface area contributed by atoms with Crippen LogP contribution in [0, 0.1) is 17.1 Å². The zero-order chi connectivity index (χ0) is 22.1. The van der Waals surface area contributed by atoms with Gasteiger partial charge in [-0.3, -0.25) is 0 Å². The van der Waals surface area contributed by atoms with Crippen molar-refractivity contribution in [3.8, 4) is 17.2 Å². The van der Waals surface area contributed by atoms with Crippen LogP contribution in [-0.4, -0.2) is 11.3 Å². The van der Waals surface area contributed by atoms with Crippen LogP contribution in [-0.2, 0) is 5.60 Å². The van der Waals surface area contributed by atoms with E-state index in [2.05, 4.69) is 0 Å². The highest BCUT2D eigenvalue weighted by atomic mass is 35.5. The Hall–Kier alpha value is -2.88. The van der Waals surface area contributed by atoms with Gasteiger partial charge in [0.1, 0.15) is 5.82 Å². The fourth-order valence-electron chi connectivity index (χ4n) is 3.38. The molecule has 2 atom stereocenters. The molecule has 3 aromatic carbocycles. The highest BCUT2D eigenvalue weighted by molar-refractivity contribution is 6.31. The van der Waals surface area contributed by atoms with E-state index >= 15 is 0 Å². The topological polar surface area (TPSA) is 44.0 Å². The Morgan fingerprint density at radius 3 is 2.00 bits per heavy atom. The molecule has 3 rings (SSSR count). The number of halogens is 5. The first kappa shape index (κ1) is 21.8. The molecule has 0 radical (unpaired) electrons. The molecule has 154 valence electrons. The summed E-state index contributed by atoms with van der Waals surface area (Å²) in [4.78, 5) is 0. The van der Waals surface area contributed by atoms with Crippen molar-refractivity contribution in [2.45, 2.75) is 24.6 Å². The number of benzene rings is 3. The summed E-state index contributed by atoms with van der Waals surface area (Å²) in [6.07, 6.45) is -5.00. The number of aliphatic hydroxyl groups is 1. The molecule has 0 aromatic heterocycles. The molecular formula is C23H16ClF4NO. The molecule has 0 amide bonds. The molecule has 3 aromatic rings. The summed E-state index contributed by atoms with van der Waals surface area (Å²) in [5.41, 5.74) is -2.08. The third kappa shape index (κ3) is 3.91. The average Bonchev–Trinajstić information content (AvgIpc) is 2.72. The van der Waals surface area contributed by atoms with Gasteiger partial charge in [0.25, 0.3) is 0 Å². The lowest BCUT2D eigenvalue weighted by molar-refractivity contribution is -0.274. The maximum absolute atomic E-state index is 14.0. The SMILES string of the molecule is CC(c1ccc(-c2ccc(F)cc2)cc1Cl)C(O)(c1ccc(C#N)cc1)C(F)(F)F. The van der Waals surface area contributed by atoms with E-state index in [4.69, 9.17) is 16.9 Å². The summed E-state index contributed by atoms with van der Waals surface area (Å²) in [6, 6.07) is 16.5. The van der Waals surface area contributed by atoms with E-state index < -0.39 is 23.5 Å². The maximum atomic E-state index is 14.0. The van der Waals surface area contributed by atoms with Gasteiger partial charge < -0.3 is 5.11 Å². The van der Waals surface area contributed by atoms with Gasteiger partial charge in [-0.15, -0.1) is 0 Å². The largest absolute Gasteiger partial charge is 0.422 e. The predicted octanol–water partition coefficient (Wildman–Crippen LogP) is 6.57. The Labute approximate surface area is 176 Å². The molecule has 0 aliphatic rings. The van der Waals surface area contributed by atoms with Gasteiger partial charge in [-0.1, -0.05) is 54.9 Å². The second-order valence-electron chi connectivity index (χ2n) is 6.92. The first-order valence-electron chi connectivity index (χ1n) is 8.93. The lowest BCUT2D eigenvalue weighted by Crippen LogP contribution is -2.46. The van der Waals surface area contributed by atoms with Crippen LogP contribution in [0.5, 0.6) is 0 Å². The molecule has 0 fully saturated rings. The van der Waals surface area contributed by atoms with Crippen molar-refractivity contribution in [3.05, 3.63) is 94.3 Å². The fourth-order valence-corrected chi connectivity index (χ4v) is 3.73. The Kier molecular flexibility index (Phi) is 5.89. The summed E-state index contributed by atoms with van der Waals surface area (Å²) < 4.78 is 55.2. The molecule has 0 saturated carbocycles. The molecule has 7 heteroatoms. The highest BCUT2D eigenvalue weighted by Gasteiger charge is 2.58. The number of nitriles is 1. The van der Waals surface area contributed by atoms with Crippen molar-refractivity contribution in [2.75, 3.05) is 0 Å². The number of rotatable bonds is 4. The van der Waals surface area contributed by atoms with Crippen LogP contribution in [0.3, 0.4) is 0 Å². The van der Waals surface area contributed by atoms with Crippen LogP contribution in [0.15, 0.2) is 66.7 Å². The maximum Gasteiger partial charge on any atom is 0.422 e. The van der Waals surface area contributed by atoms with Crippen molar-refractivity contribution in [2.24, 2.45) is 0 Å².